The molecule has 0 saturated heterocycles. The lowest BCUT2D eigenvalue weighted by Crippen LogP contribution is -2.38. The molecule has 2 aromatic rings. The zero-order valence-electron chi connectivity index (χ0n) is 20.6. The van der Waals surface area contributed by atoms with E-state index in [1.807, 2.05) is 0 Å². The van der Waals surface area contributed by atoms with Crippen LogP contribution in [0.4, 0.5) is 9.18 Å². The van der Waals surface area contributed by atoms with Gasteiger partial charge in [-0.1, -0.05) is 34.4 Å². The first-order valence-electron chi connectivity index (χ1n) is 11.5. The van der Waals surface area contributed by atoms with Crippen LogP contribution in [0.25, 0.3) is 0 Å². The average molecular weight is 550 g/mol. The van der Waals surface area contributed by atoms with Gasteiger partial charge in [-0.15, -0.1) is 0 Å². The lowest BCUT2D eigenvalue weighted by molar-refractivity contribution is 0.0125. The van der Waals surface area contributed by atoms with E-state index in [9.17, 15) is 19.2 Å². The molecule has 196 valence electrons. The van der Waals surface area contributed by atoms with Crippen molar-refractivity contribution in [2.75, 3.05) is 27.0 Å². The fraction of sp³-hybridized carbons (Fsp3) is 0.385. The van der Waals surface area contributed by atoms with E-state index in [-0.39, 0.29) is 36.3 Å². The van der Waals surface area contributed by atoms with Gasteiger partial charge in [0.2, 0.25) is 0 Å². The number of nitrogens with zero attached hydrogens (tertiary/aromatic N) is 3. The molecule has 3 rings (SSSR count). The van der Waals surface area contributed by atoms with Crippen LogP contribution in [0.3, 0.4) is 0 Å². The number of carbonyl (C=O) groups excluding carboxylic acids is 2. The van der Waals surface area contributed by atoms with Gasteiger partial charge in [-0.3, -0.25) is 4.79 Å². The molecule has 0 heterocycles. The molecule has 1 aliphatic carbocycles. The zero-order valence-corrected chi connectivity index (χ0v) is 22.2. The molecular formula is C26H26Cl2FN3O5. The van der Waals surface area contributed by atoms with E-state index in [2.05, 4.69) is 11.2 Å². The van der Waals surface area contributed by atoms with Crippen molar-refractivity contribution < 1.29 is 28.3 Å². The molecule has 8 nitrogen and oxygen atoms in total. The number of benzene rings is 2. The lowest BCUT2D eigenvalue weighted by atomic mass is 9.97. The molecule has 1 saturated carbocycles. The smallest absolute Gasteiger partial charge is 0.435 e. The van der Waals surface area contributed by atoms with Gasteiger partial charge in [-0.2, -0.15) is 5.26 Å². The number of amides is 1. The van der Waals surface area contributed by atoms with E-state index in [4.69, 9.17) is 37.5 Å². The molecule has 0 aromatic heterocycles. The van der Waals surface area contributed by atoms with Gasteiger partial charge in [0, 0.05) is 18.5 Å². The Balaban J connectivity index is 1.85. The largest absolute Gasteiger partial charge is 0.509 e. The van der Waals surface area contributed by atoms with Crippen LogP contribution in [0.2, 0.25) is 10.0 Å². The second-order valence-corrected chi connectivity index (χ2v) is 9.47. The first-order valence-corrected chi connectivity index (χ1v) is 12.2. The van der Waals surface area contributed by atoms with Gasteiger partial charge in [0.25, 0.3) is 5.91 Å². The lowest BCUT2D eigenvalue weighted by Gasteiger charge is -2.25. The molecule has 0 atom stereocenters. The maximum Gasteiger partial charge on any atom is 0.509 e. The monoisotopic (exact) mass is 549 g/mol. The van der Waals surface area contributed by atoms with Crippen LogP contribution in [0, 0.1) is 29.5 Å². The van der Waals surface area contributed by atoms with Crippen LogP contribution >= 0.6 is 23.2 Å². The number of oxime groups is 1. The number of nitriles is 1. The summed E-state index contributed by atoms with van der Waals surface area (Å²) in [6.45, 7) is 3.33. The van der Waals surface area contributed by atoms with Gasteiger partial charge in [0.1, 0.15) is 7.11 Å². The normalized spacial score (nSPS) is 13.9. The van der Waals surface area contributed by atoms with Crippen LogP contribution in [0.1, 0.15) is 46.8 Å². The maximum atomic E-state index is 13.8. The molecule has 0 bridgehead atoms. The molecule has 2 aromatic carbocycles. The Morgan fingerprint density at radius 2 is 1.86 bits per heavy atom. The van der Waals surface area contributed by atoms with Crippen molar-refractivity contribution in [1.29, 1.82) is 5.26 Å². The van der Waals surface area contributed by atoms with Crippen molar-refractivity contribution in [3.63, 3.8) is 0 Å². The van der Waals surface area contributed by atoms with Gasteiger partial charge in [-0.05, 0) is 67.6 Å². The summed E-state index contributed by atoms with van der Waals surface area (Å²) >= 11 is 11.9. The number of ether oxygens (including phenoxy) is 2. The Bertz CT molecular complexity index is 1230. The molecule has 11 heteroatoms. The Morgan fingerprint density at radius 3 is 2.41 bits per heavy atom. The van der Waals surface area contributed by atoms with Crippen molar-refractivity contribution in [2.45, 2.75) is 33.1 Å². The summed E-state index contributed by atoms with van der Waals surface area (Å²) in [6.07, 6.45) is 0.679. The fourth-order valence-electron chi connectivity index (χ4n) is 3.74. The van der Waals surface area contributed by atoms with Crippen molar-refractivity contribution in [3.8, 4) is 6.07 Å². The highest BCUT2D eigenvalue weighted by Gasteiger charge is 2.45. The average Bonchev–Trinajstić information content (AvgIpc) is 3.64. The minimum Gasteiger partial charge on any atom is -0.435 e. The summed E-state index contributed by atoms with van der Waals surface area (Å²) in [5, 5.41) is 13.4. The van der Waals surface area contributed by atoms with Gasteiger partial charge >= 0.3 is 6.16 Å². The van der Waals surface area contributed by atoms with E-state index in [0.29, 0.717) is 40.8 Å². The summed E-state index contributed by atoms with van der Waals surface area (Å²) < 4.78 is 23.7. The van der Waals surface area contributed by atoms with Crippen molar-refractivity contribution in [2.24, 2.45) is 10.6 Å². The number of hydrogen-bond acceptors (Lipinski definition) is 7. The molecular weight excluding hydrogens is 524 g/mol. The van der Waals surface area contributed by atoms with Crippen LogP contribution in [0.5, 0.6) is 0 Å². The molecule has 0 aliphatic heterocycles. The molecule has 0 N–H and O–H groups in total. The van der Waals surface area contributed by atoms with Crippen LogP contribution in [-0.4, -0.2) is 49.7 Å². The first-order chi connectivity index (χ1) is 17.6. The van der Waals surface area contributed by atoms with Gasteiger partial charge in [0.15, 0.2) is 12.5 Å². The topological polar surface area (TPSA) is 101 Å². The minimum atomic E-state index is -0.893. The highest BCUT2D eigenvalue weighted by molar-refractivity contribution is 6.35. The van der Waals surface area contributed by atoms with E-state index in [0.717, 1.165) is 0 Å². The first kappa shape index (κ1) is 28.2. The number of hydrogen-bond donors (Lipinski definition) is 0. The number of aryl methyl sites for hydroxylation is 1. The Labute approximate surface area is 224 Å². The van der Waals surface area contributed by atoms with Gasteiger partial charge < -0.3 is 19.2 Å². The zero-order chi connectivity index (χ0) is 27.2. The predicted molar refractivity (Wildman–Crippen MR) is 136 cm³/mol. The molecule has 0 unspecified atom stereocenters. The third kappa shape index (κ3) is 7.12. The van der Waals surface area contributed by atoms with E-state index < -0.39 is 23.3 Å². The Hall–Kier alpha value is -3.35. The van der Waals surface area contributed by atoms with Crippen LogP contribution in [0.15, 0.2) is 35.5 Å². The maximum absolute atomic E-state index is 13.8. The van der Waals surface area contributed by atoms with Crippen molar-refractivity contribution in [1.82, 2.24) is 4.90 Å². The SMILES string of the molecule is CCOC(=O)OCN(CC1(C#N)CC1)C(=O)c1ccc(/C(Cc2cc(Cl)c(F)c(Cl)c2)=N/OC)cc1C. The van der Waals surface area contributed by atoms with E-state index in [1.54, 1.807) is 32.0 Å². The Morgan fingerprint density at radius 1 is 1.19 bits per heavy atom. The molecule has 37 heavy (non-hydrogen) atoms. The fourth-order valence-corrected chi connectivity index (χ4v) is 4.27. The third-order valence-corrected chi connectivity index (χ3v) is 6.43. The molecule has 0 spiro atoms. The third-order valence-electron chi connectivity index (χ3n) is 5.88. The highest BCUT2D eigenvalue weighted by Crippen LogP contribution is 2.45. The Kier molecular flexibility index (Phi) is 9.35. The van der Waals surface area contributed by atoms with E-state index in [1.165, 1.54) is 24.1 Å². The van der Waals surface area contributed by atoms with Gasteiger partial charge in [-0.25, -0.2) is 9.18 Å². The summed E-state index contributed by atoms with van der Waals surface area (Å²) in [5.41, 5.74) is 2.15. The summed E-state index contributed by atoms with van der Waals surface area (Å²) in [7, 11) is 1.40. The molecule has 1 amide bonds. The van der Waals surface area contributed by atoms with Crippen LogP contribution in [-0.2, 0) is 20.7 Å². The van der Waals surface area contributed by atoms with Crippen molar-refractivity contribution >= 4 is 41.0 Å². The predicted octanol–water partition coefficient (Wildman–Crippen LogP) is 5.91. The quantitative estimate of drug-likeness (QED) is 0.120. The standard InChI is InChI=1S/C26H26Cl2FN3O5/c1-4-36-25(34)37-15-32(14-26(13-30)7-8-26)24(33)19-6-5-18(9-16(19)2)22(31-35-3)12-17-10-20(27)23(29)21(28)11-17/h5-6,9-11H,4,7-8,12,14-15H2,1-3H3/b31-22+. The van der Waals surface area contributed by atoms with Crippen molar-refractivity contribution in [3.05, 3.63) is 68.4 Å². The molecule has 0 radical (unpaired) electrons. The number of halogens is 3. The summed E-state index contributed by atoms with van der Waals surface area (Å²) in [6, 6.07) is 10.3. The second kappa shape index (κ2) is 12.3. The highest BCUT2D eigenvalue weighted by atomic mass is 35.5. The molecule has 1 aliphatic rings. The summed E-state index contributed by atoms with van der Waals surface area (Å²) in [5.74, 6) is -1.09. The minimum absolute atomic E-state index is 0.104. The number of carbonyl (C=O) groups is 2. The number of rotatable bonds is 10. The second-order valence-electron chi connectivity index (χ2n) is 8.65. The molecule has 1 fully saturated rings. The van der Waals surface area contributed by atoms with Crippen LogP contribution < -0.4 is 0 Å². The van der Waals surface area contributed by atoms with E-state index >= 15 is 0 Å². The summed E-state index contributed by atoms with van der Waals surface area (Å²) in [4.78, 5) is 31.5. The van der Waals surface area contributed by atoms with Gasteiger partial charge in [0.05, 0.1) is 33.8 Å².